The van der Waals surface area contributed by atoms with Crippen LogP contribution in [0, 0.1) is 33.6 Å². The smallest absolute Gasteiger partial charge is 0.339 e. The van der Waals surface area contributed by atoms with Crippen LogP contribution in [0.3, 0.4) is 0 Å². The van der Waals surface area contributed by atoms with E-state index in [9.17, 15) is 24.3 Å². The summed E-state index contributed by atoms with van der Waals surface area (Å²) < 4.78 is 11.5. The van der Waals surface area contributed by atoms with Crippen molar-refractivity contribution in [2.75, 3.05) is 6.54 Å². The first kappa shape index (κ1) is 26.0. The number of carbonyl (C=O) groups excluding carboxylic acids is 2. The van der Waals surface area contributed by atoms with Gasteiger partial charge in [0.2, 0.25) is 11.8 Å². The van der Waals surface area contributed by atoms with E-state index in [2.05, 4.69) is 10.6 Å². The number of benzene rings is 1. The lowest BCUT2D eigenvalue weighted by molar-refractivity contribution is -0.143. The SMILES string of the molecule is CC[C@@H](C)[C@H](NC(=O)CNC(=O)CCc1c(C)c2cc3c(C)c(C)oc3c(C)c2oc1=O)C(=O)O. The van der Waals surface area contributed by atoms with Gasteiger partial charge in [-0.2, -0.15) is 0 Å². The minimum atomic E-state index is -1.12. The predicted octanol–water partition coefficient (Wildman–Crippen LogP) is 3.44. The third kappa shape index (κ3) is 5.23. The van der Waals surface area contributed by atoms with E-state index >= 15 is 0 Å². The number of carboxylic acids is 1. The van der Waals surface area contributed by atoms with Crippen molar-refractivity contribution in [3.63, 3.8) is 0 Å². The van der Waals surface area contributed by atoms with Gasteiger partial charge in [-0.05, 0) is 57.2 Å². The Bertz CT molecular complexity index is 1370. The zero-order valence-corrected chi connectivity index (χ0v) is 21.0. The maximum absolute atomic E-state index is 12.7. The average molecular weight is 485 g/mol. The molecule has 0 bridgehead atoms. The fraction of sp³-hybridized carbons (Fsp3) is 0.462. The molecule has 1 aromatic carbocycles. The standard InChI is InChI=1S/C26H32N2O7/c1-7-12(2)22(25(31)32)28-21(30)11-27-20(29)9-8-17-14(4)19-10-18-13(3)16(6)34-23(18)15(5)24(19)35-26(17)33/h10,12,22H,7-9,11H2,1-6H3,(H,27,29)(H,28,30)(H,31,32)/t12-,22+/m1/s1. The van der Waals surface area contributed by atoms with Crippen LogP contribution < -0.4 is 16.3 Å². The molecule has 0 spiro atoms. The van der Waals surface area contributed by atoms with Crippen molar-refractivity contribution in [3.05, 3.63) is 44.5 Å². The number of furan rings is 1. The Morgan fingerprint density at radius 2 is 1.60 bits per heavy atom. The number of rotatable bonds is 9. The molecule has 9 nitrogen and oxygen atoms in total. The maximum Gasteiger partial charge on any atom is 0.339 e. The predicted molar refractivity (Wildman–Crippen MR) is 132 cm³/mol. The number of carboxylic acid groups (broad SMARTS) is 1. The molecule has 9 heteroatoms. The van der Waals surface area contributed by atoms with Crippen LogP contribution in [0.25, 0.3) is 21.9 Å². The van der Waals surface area contributed by atoms with Crippen LogP contribution in [0.5, 0.6) is 0 Å². The molecule has 3 N–H and O–H groups in total. The lowest BCUT2D eigenvalue weighted by atomic mass is 9.98. The second kappa shape index (κ2) is 10.3. The number of amides is 2. The second-order valence-electron chi connectivity index (χ2n) is 9.08. The van der Waals surface area contributed by atoms with Crippen molar-refractivity contribution in [1.82, 2.24) is 10.6 Å². The van der Waals surface area contributed by atoms with E-state index in [0.29, 0.717) is 23.2 Å². The van der Waals surface area contributed by atoms with Crippen LogP contribution in [0.1, 0.15) is 54.7 Å². The van der Waals surface area contributed by atoms with E-state index in [1.54, 1.807) is 6.92 Å². The fourth-order valence-electron chi connectivity index (χ4n) is 4.19. The number of nitrogens with one attached hydrogen (secondary N) is 2. The van der Waals surface area contributed by atoms with Gasteiger partial charge in [0.15, 0.2) is 0 Å². The summed E-state index contributed by atoms with van der Waals surface area (Å²) in [6, 6.07) is 0.929. The largest absolute Gasteiger partial charge is 0.480 e. The van der Waals surface area contributed by atoms with Crippen LogP contribution in [-0.4, -0.2) is 35.5 Å². The summed E-state index contributed by atoms with van der Waals surface area (Å²) in [6.07, 6.45) is 0.702. The van der Waals surface area contributed by atoms with Crippen molar-refractivity contribution in [1.29, 1.82) is 0 Å². The number of fused-ring (bicyclic) bond motifs is 2. The molecule has 0 radical (unpaired) electrons. The minimum Gasteiger partial charge on any atom is -0.480 e. The topological polar surface area (TPSA) is 139 Å². The highest BCUT2D eigenvalue weighted by atomic mass is 16.4. The van der Waals surface area contributed by atoms with Gasteiger partial charge >= 0.3 is 11.6 Å². The summed E-state index contributed by atoms with van der Waals surface area (Å²) >= 11 is 0. The molecule has 2 heterocycles. The van der Waals surface area contributed by atoms with Crippen molar-refractivity contribution < 1.29 is 28.3 Å². The summed E-state index contributed by atoms with van der Waals surface area (Å²) in [6.45, 7) is 10.8. The highest BCUT2D eigenvalue weighted by Gasteiger charge is 2.25. The molecule has 2 atom stereocenters. The summed E-state index contributed by atoms with van der Waals surface area (Å²) in [4.78, 5) is 48.5. The molecule has 2 amide bonds. The molecule has 3 aromatic rings. The number of hydrogen-bond donors (Lipinski definition) is 3. The summed E-state index contributed by atoms with van der Waals surface area (Å²) in [5.74, 6) is -1.58. The van der Waals surface area contributed by atoms with E-state index in [-0.39, 0.29) is 25.3 Å². The first-order chi connectivity index (χ1) is 16.5. The fourth-order valence-corrected chi connectivity index (χ4v) is 4.19. The third-order valence-corrected chi connectivity index (χ3v) is 6.79. The van der Waals surface area contributed by atoms with E-state index in [1.165, 1.54) is 0 Å². The maximum atomic E-state index is 12.7. The van der Waals surface area contributed by atoms with E-state index in [1.807, 2.05) is 40.7 Å². The first-order valence-electron chi connectivity index (χ1n) is 11.7. The molecular formula is C26H32N2O7. The molecule has 35 heavy (non-hydrogen) atoms. The Balaban J connectivity index is 1.72. The van der Waals surface area contributed by atoms with Crippen LogP contribution in [-0.2, 0) is 20.8 Å². The van der Waals surface area contributed by atoms with Gasteiger partial charge in [0.25, 0.3) is 0 Å². The molecule has 0 fully saturated rings. The molecule has 0 saturated carbocycles. The van der Waals surface area contributed by atoms with Gasteiger partial charge in [-0.25, -0.2) is 9.59 Å². The molecule has 0 unspecified atom stereocenters. The summed E-state index contributed by atoms with van der Waals surface area (Å²) in [5.41, 5.74) is 3.56. The van der Waals surface area contributed by atoms with Gasteiger partial charge in [-0.15, -0.1) is 0 Å². The van der Waals surface area contributed by atoms with Crippen LogP contribution in [0.2, 0.25) is 0 Å². The van der Waals surface area contributed by atoms with E-state index < -0.39 is 29.5 Å². The molecule has 0 aliphatic heterocycles. The quantitative estimate of drug-likeness (QED) is 0.395. The second-order valence-corrected chi connectivity index (χ2v) is 9.08. The molecular weight excluding hydrogens is 452 g/mol. The Hall–Kier alpha value is -3.62. The average Bonchev–Trinajstić information content (AvgIpc) is 3.10. The molecule has 2 aromatic heterocycles. The molecule has 0 aliphatic carbocycles. The lowest BCUT2D eigenvalue weighted by Gasteiger charge is -2.20. The zero-order valence-electron chi connectivity index (χ0n) is 21.0. The Labute approximate surface area is 202 Å². The van der Waals surface area contributed by atoms with Crippen LogP contribution >= 0.6 is 0 Å². The normalized spacial score (nSPS) is 13.1. The van der Waals surface area contributed by atoms with Gasteiger partial charge in [0.05, 0.1) is 6.54 Å². The highest BCUT2D eigenvalue weighted by molar-refractivity contribution is 6.00. The molecule has 0 aliphatic rings. The van der Waals surface area contributed by atoms with E-state index in [0.717, 1.165) is 33.2 Å². The zero-order chi connectivity index (χ0) is 26.0. The van der Waals surface area contributed by atoms with Gasteiger partial charge in [0, 0.05) is 28.3 Å². The van der Waals surface area contributed by atoms with Crippen LogP contribution in [0.4, 0.5) is 0 Å². The molecule has 188 valence electrons. The van der Waals surface area contributed by atoms with Crippen LogP contribution in [0.15, 0.2) is 19.7 Å². The minimum absolute atomic E-state index is 0.0246. The van der Waals surface area contributed by atoms with Crippen molar-refractivity contribution in [2.24, 2.45) is 5.92 Å². The van der Waals surface area contributed by atoms with Gasteiger partial charge in [-0.1, -0.05) is 20.3 Å². The first-order valence-corrected chi connectivity index (χ1v) is 11.7. The Morgan fingerprint density at radius 1 is 0.971 bits per heavy atom. The van der Waals surface area contributed by atoms with Crippen molar-refractivity contribution >= 4 is 39.7 Å². The molecule has 0 saturated heterocycles. The lowest BCUT2D eigenvalue weighted by Crippen LogP contribution is -2.48. The summed E-state index contributed by atoms with van der Waals surface area (Å²) in [5, 5.41) is 15.9. The van der Waals surface area contributed by atoms with E-state index in [4.69, 9.17) is 8.83 Å². The van der Waals surface area contributed by atoms with Gasteiger partial charge in [0.1, 0.15) is 23.0 Å². The number of aryl methyl sites for hydroxylation is 4. The molecule has 3 rings (SSSR count). The number of carbonyl (C=O) groups is 3. The monoisotopic (exact) mass is 484 g/mol. The van der Waals surface area contributed by atoms with Crippen molar-refractivity contribution in [2.45, 2.75) is 66.8 Å². The third-order valence-electron chi connectivity index (χ3n) is 6.79. The Morgan fingerprint density at radius 3 is 2.23 bits per heavy atom. The number of hydrogen-bond acceptors (Lipinski definition) is 6. The number of aliphatic carboxylic acids is 1. The Kier molecular flexibility index (Phi) is 7.67. The summed E-state index contributed by atoms with van der Waals surface area (Å²) in [7, 11) is 0. The van der Waals surface area contributed by atoms with Crippen molar-refractivity contribution in [3.8, 4) is 0 Å². The van der Waals surface area contributed by atoms with Gasteiger partial charge < -0.3 is 24.6 Å². The van der Waals surface area contributed by atoms with Gasteiger partial charge in [-0.3, -0.25) is 9.59 Å². The highest BCUT2D eigenvalue weighted by Crippen LogP contribution is 2.34.